The summed E-state index contributed by atoms with van der Waals surface area (Å²) in [5.41, 5.74) is 11.3. The minimum atomic E-state index is -1.01. The van der Waals surface area contributed by atoms with E-state index in [0.29, 0.717) is 27.5 Å². The van der Waals surface area contributed by atoms with Crippen molar-refractivity contribution in [1.82, 2.24) is 0 Å². The van der Waals surface area contributed by atoms with E-state index in [1.165, 1.54) is 0 Å². The number of nitrogen functional groups attached to an aromatic ring is 1. The Labute approximate surface area is 214 Å². The first-order valence-corrected chi connectivity index (χ1v) is 12.3. The van der Waals surface area contributed by atoms with Crippen molar-refractivity contribution in [1.29, 1.82) is 0 Å². The van der Waals surface area contributed by atoms with Gasteiger partial charge in [-0.15, -0.1) is 0 Å². The lowest BCUT2D eigenvalue weighted by Gasteiger charge is -2.21. The minimum absolute atomic E-state index is 0.0514. The van der Waals surface area contributed by atoms with Crippen LogP contribution in [0.3, 0.4) is 0 Å². The van der Waals surface area contributed by atoms with E-state index in [-0.39, 0.29) is 22.6 Å². The molecule has 6 heteroatoms. The van der Waals surface area contributed by atoms with Crippen molar-refractivity contribution >= 4 is 27.6 Å². The summed E-state index contributed by atoms with van der Waals surface area (Å²) in [4.78, 5) is 27.0. The van der Waals surface area contributed by atoms with E-state index in [1.807, 2.05) is 77.1 Å². The maximum absolute atomic E-state index is 13.5. The highest BCUT2D eigenvalue weighted by molar-refractivity contribution is 5.93. The maximum atomic E-state index is 13.5. The molecule has 37 heavy (non-hydrogen) atoms. The molecule has 1 unspecified atom stereocenters. The van der Waals surface area contributed by atoms with Gasteiger partial charge >= 0.3 is 11.3 Å². The van der Waals surface area contributed by atoms with Crippen LogP contribution in [0.25, 0.3) is 21.9 Å². The number of rotatable bonds is 4. The summed E-state index contributed by atoms with van der Waals surface area (Å²) in [6, 6.07) is 15.0. The molecule has 3 N–H and O–H groups in total. The molecule has 0 saturated carbocycles. The van der Waals surface area contributed by atoms with Crippen molar-refractivity contribution < 1.29 is 13.9 Å². The molecule has 6 nitrogen and oxygen atoms in total. The zero-order valence-corrected chi connectivity index (χ0v) is 21.6. The van der Waals surface area contributed by atoms with Crippen LogP contribution in [0.15, 0.2) is 67.0 Å². The molecule has 0 aliphatic heterocycles. The topological polar surface area (TPSA) is 107 Å². The van der Waals surface area contributed by atoms with Gasteiger partial charge in [-0.3, -0.25) is 0 Å². The Balaban J connectivity index is 1.92. The van der Waals surface area contributed by atoms with E-state index in [2.05, 4.69) is 0 Å². The van der Waals surface area contributed by atoms with E-state index < -0.39 is 17.2 Å². The van der Waals surface area contributed by atoms with Crippen LogP contribution in [0.5, 0.6) is 5.75 Å². The summed E-state index contributed by atoms with van der Waals surface area (Å²) >= 11 is 0. The van der Waals surface area contributed by atoms with Gasteiger partial charge in [0, 0.05) is 5.39 Å². The molecule has 0 aliphatic rings. The molecule has 188 valence electrons. The molecule has 0 saturated heterocycles. The predicted octanol–water partition coefficient (Wildman–Crippen LogP) is 6.16. The zero-order chi connectivity index (χ0) is 26.6. The first-order valence-electron chi connectivity index (χ1n) is 12.3. The maximum Gasteiger partial charge on any atom is 0.344 e. The van der Waals surface area contributed by atoms with E-state index >= 15 is 0 Å². The number of aromatic hydroxyl groups is 1. The Morgan fingerprint density at radius 1 is 0.784 bits per heavy atom. The molecular formula is C31H29NO5. The first-order chi connectivity index (χ1) is 17.6. The number of hydrogen-bond donors (Lipinski definition) is 2. The molecular weight excluding hydrogens is 466 g/mol. The molecule has 0 fully saturated rings. The van der Waals surface area contributed by atoms with Crippen molar-refractivity contribution in [2.24, 2.45) is 0 Å². The fourth-order valence-corrected chi connectivity index (χ4v) is 5.30. The smallest absolute Gasteiger partial charge is 0.344 e. The number of anilines is 1. The van der Waals surface area contributed by atoms with Crippen molar-refractivity contribution in [3.8, 4) is 5.75 Å². The molecule has 2 aromatic heterocycles. The highest BCUT2D eigenvalue weighted by atomic mass is 16.4. The standard InChI is InChI=1S/C31H29NO5/c1-6-19-7-9-20(10-8-19)23(24-26(32)21-13-15(2)11-17(4)28(21)36-30(24)34)25-27(33)22-14-16(3)12-18(5)29(22)37-31(25)35/h7-14,23,33H,6,32H2,1-5H3. The van der Waals surface area contributed by atoms with E-state index in [0.717, 1.165) is 34.2 Å². The molecule has 0 aliphatic carbocycles. The summed E-state index contributed by atoms with van der Waals surface area (Å²) in [6.45, 7) is 9.55. The van der Waals surface area contributed by atoms with Gasteiger partial charge in [-0.1, -0.05) is 43.3 Å². The highest BCUT2D eigenvalue weighted by Gasteiger charge is 2.32. The monoisotopic (exact) mass is 495 g/mol. The lowest BCUT2D eigenvalue weighted by molar-refractivity contribution is 0.453. The van der Waals surface area contributed by atoms with Crippen LogP contribution in [0, 0.1) is 27.7 Å². The molecule has 0 radical (unpaired) electrons. The average Bonchev–Trinajstić information content (AvgIpc) is 2.85. The molecule has 0 spiro atoms. The van der Waals surface area contributed by atoms with Gasteiger partial charge in [0.15, 0.2) is 0 Å². The molecule has 2 heterocycles. The molecule has 0 bridgehead atoms. The Bertz CT molecular complexity index is 1700. The Kier molecular flexibility index (Phi) is 5.91. The van der Waals surface area contributed by atoms with Crippen LogP contribution in [0.2, 0.25) is 0 Å². The normalized spacial score (nSPS) is 12.4. The largest absolute Gasteiger partial charge is 0.507 e. The van der Waals surface area contributed by atoms with Gasteiger partial charge in [0.25, 0.3) is 0 Å². The number of hydrogen-bond acceptors (Lipinski definition) is 6. The van der Waals surface area contributed by atoms with Gasteiger partial charge < -0.3 is 19.7 Å². The van der Waals surface area contributed by atoms with Gasteiger partial charge in [-0.25, -0.2) is 9.59 Å². The molecule has 0 amide bonds. The molecule has 5 aromatic rings. The second-order valence-corrected chi connectivity index (χ2v) is 9.81. The summed E-state index contributed by atoms with van der Waals surface area (Å²) < 4.78 is 11.5. The van der Waals surface area contributed by atoms with Crippen LogP contribution in [-0.2, 0) is 6.42 Å². The fourth-order valence-electron chi connectivity index (χ4n) is 5.30. The summed E-state index contributed by atoms with van der Waals surface area (Å²) in [5.74, 6) is -1.24. The lowest BCUT2D eigenvalue weighted by Crippen LogP contribution is -2.23. The SMILES string of the molecule is CCc1ccc(C(c2c(N)c3cc(C)cc(C)c3oc2=O)c2c(O)c3cc(C)cc(C)c3oc2=O)cc1. The number of nitrogens with two attached hydrogens (primary N) is 1. The number of aryl methyl sites for hydroxylation is 5. The van der Waals surface area contributed by atoms with Gasteiger partial charge in [-0.05, 0) is 79.6 Å². The van der Waals surface area contributed by atoms with E-state index in [9.17, 15) is 14.7 Å². The summed E-state index contributed by atoms with van der Waals surface area (Å²) in [5, 5.41) is 12.5. The first kappa shape index (κ1) is 24.4. The third-order valence-corrected chi connectivity index (χ3v) is 7.06. The number of benzene rings is 3. The van der Waals surface area contributed by atoms with Gasteiger partial charge in [0.05, 0.1) is 28.1 Å². The van der Waals surface area contributed by atoms with Gasteiger partial charge in [0.1, 0.15) is 16.9 Å². The van der Waals surface area contributed by atoms with Crippen molar-refractivity contribution in [3.63, 3.8) is 0 Å². The van der Waals surface area contributed by atoms with E-state index in [1.54, 1.807) is 6.07 Å². The van der Waals surface area contributed by atoms with Crippen LogP contribution in [-0.4, -0.2) is 5.11 Å². The Hall–Kier alpha value is -4.32. The third-order valence-electron chi connectivity index (χ3n) is 7.06. The summed E-state index contributed by atoms with van der Waals surface area (Å²) in [6.07, 6.45) is 0.825. The van der Waals surface area contributed by atoms with Crippen LogP contribution < -0.4 is 17.0 Å². The van der Waals surface area contributed by atoms with Crippen LogP contribution in [0.1, 0.15) is 57.3 Å². The quantitative estimate of drug-likeness (QED) is 0.289. The fraction of sp³-hybridized carbons (Fsp3) is 0.226. The van der Waals surface area contributed by atoms with Crippen molar-refractivity contribution in [2.45, 2.75) is 47.0 Å². The van der Waals surface area contributed by atoms with E-state index in [4.69, 9.17) is 14.6 Å². The lowest BCUT2D eigenvalue weighted by atomic mass is 9.83. The zero-order valence-electron chi connectivity index (χ0n) is 21.6. The van der Waals surface area contributed by atoms with Crippen LogP contribution >= 0.6 is 0 Å². The Morgan fingerprint density at radius 2 is 1.30 bits per heavy atom. The number of fused-ring (bicyclic) bond motifs is 2. The highest BCUT2D eigenvalue weighted by Crippen LogP contribution is 2.41. The molecule has 5 rings (SSSR count). The molecule has 1 atom stereocenters. The van der Waals surface area contributed by atoms with Crippen LogP contribution in [0.4, 0.5) is 5.69 Å². The van der Waals surface area contributed by atoms with Crippen molar-refractivity contribution in [3.05, 3.63) is 114 Å². The molecule has 3 aromatic carbocycles. The second-order valence-electron chi connectivity index (χ2n) is 9.81. The summed E-state index contributed by atoms with van der Waals surface area (Å²) in [7, 11) is 0. The van der Waals surface area contributed by atoms with Gasteiger partial charge in [-0.2, -0.15) is 0 Å². The van der Waals surface area contributed by atoms with Crippen molar-refractivity contribution in [2.75, 3.05) is 5.73 Å². The average molecular weight is 496 g/mol. The Morgan fingerprint density at radius 3 is 1.86 bits per heavy atom. The van der Waals surface area contributed by atoms with Gasteiger partial charge in [0.2, 0.25) is 0 Å². The third kappa shape index (κ3) is 3.99. The minimum Gasteiger partial charge on any atom is -0.507 e. The second kappa shape index (κ2) is 8.96. The predicted molar refractivity (Wildman–Crippen MR) is 147 cm³/mol.